The summed E-state index contributed by atoms with van der Waals surface area (Å²) < 4.78 is 27.0. The van der Waals surface area contributed by atoms with Crippen LogP contribution in [0.2, 0.25) is 0 Å². The van der Waals surface area contributed by atoms with Crippen LogP contribution < -0.4 is 5.73 Å². The first-order valence-electron chi connectivity index (χ1n) is 6.35. The van der Waals surface area contributed by atoms with Gasteiger partial charge in [0.15, 0.2) is 0 Å². The van der Waals surface area contributed by atoms with E-state index in [1.54, 1.807) is 21.8 Å². The maximum atomic E-state index is 12.5. The Bertz CT molecular complexity index is 470. The van der Waals surface area contributed by atoms with Gasteiger partial charge in [0, 0.05) is 19.1 Å². The molecule has 1 saturated heterocycles. The molecule has 2 unspecified atom stereocenters. The Hall–Kier alpha value is -0.430. The Labute approximate surface area is 113 Å². The smallest absolute Gasteiger partial charge is 0.252 e. The van der Waals surface area contributed by atoms with Gasteiger partial charge in [0.1, 0.15) is 4.21 Å². The molecule has 2 rings (SSSR count). The second kappa shape index (κ2) is 5.69. The first-order chi connectivity index (χ1) is 8.59. The van der Waals surface area contributed by atoms with Crippen molar-refractivity contribution in [1.29, 1.82) is 0 Å². The number of piperidine rings is 1. The van der Waals surface area contributed by atoms with Gasteiger partial charge in [-0.15, -0.1) is 11.3 Å². The van der Waals surface area contributed by atoms with E-state index in [1.807, 2.05) is 0 Å². The highest BCUT2D eigenvalue weighted by Gasteiger charge is 2.35. The molecular formula is C12H20N2O2S2. The maximum Gasteiger partial charge on any atom is 0.252 e. The molecule has 6 heteroatoms. The van der Waals surface area contributed by atoms with Crippen LogP contribution in [0.3, 0.4) is 0 Å². The highest BCUT2D eigenvalue weighted by atomic mass is 32.2. The van der Waals surface area contributed by atoms with Crippen LogP contribution in [0.4, 0.5) is 0 Å². The second-order valence-electron chi connectivity index (χ2n) is 4.74. The predicted molar refractivity (Wildman–Crippen MR) is 74.1 cm³/mol. The minimum Gasteiger partial charge on any atom is -0.329 e. The molecule has 1 aliphatic rings. The molecule has 0 amide bonds. The molecule has 102 valence electrons. The van der Waals surface area contributed by atoms with Crippen molar-refractivity contribution >= 4 is 21.4 Å². The van der Waals surface area contributed by atoms with Crippen molar-refractivity contribution in [3.63, 3.8) is 0 Å². The number of nitrogens with two attached hydrogens (primary N) is 1. The highest BCUT2D eigenvalue weighted by Crippen LogP contribution is 2.31. The first kappa shape index (κ1) is 14.0. The molecule has 0 bridgehead atoms. The summed E-state index contributed by atoms with van der Waals surface area (Å²) >= 11 is 1.27. The summed E-state index contributed by atoms with van der Waals surface area (Å²) in [5, 5.41) is 1.79. The van der Waals surface area contributed by atoms with E-state index in [2.05, 4.69) is 6.92 Å². The van der Waals surface area contributed by atoms with Gasteiger partial charge in [-0.3, -0.25) is 0 Å². The average Bonchev–Trinajstić information content (AvgIpc) is 2.92. The van der Waals surface area contributed by atoms with Crippen LogP contribution in [-0.2, 0) is 10.0 Å². The van der Waals surface area contributed by atoms with Crippen molar-refractivity contribution in [1.82, 2.24) is 4.31 Å². The normalized spacial score (nSPS) is 26.3. The molecule has 2 heterocycles. The lowest BCUT2D eigenvalue weighted by Gasteiger charge is -2.37. The molecule has 4 nitrogen and oxygen atoms in total. The van der Waals surface area contributed by atoms with Gasteiger partial charge in [0.2, 0.25) is 0 Å². The SMILES string of the molecule is CCC1CCN(S(=O)(=O)c2cccs2)C(CN)C1. The van der Waals surface area contributed by atoms with Gasteiger partial charge >= 0.3 is 0 Å². The summed E-state index contributed by atoms with van der Waals surface area (Å²) in [6, 6.07) is 3.39. The van der Waals surface area contributed by atoms with Crippen molar-refractivity contribution in [2.45, 2.75) is 36.4 Å². The van der Waals surface area contributed by atoms with Crippen LogP contribution in [0.5, 0.6) is 0 Å². The summed E-state index contributed by atoms with van der Waals surface area (Å²) in [4.78, 5) is 0. The topological polar surface area (TPSA) is 63.4 Å². The molecule has 0 aromatic carbocycles. The van der Waals surface area contributed by atoms with Crippen LogP contribution in [0.15, 0.2) is 21.7 Å². The largest absolute Gasteiger partial charge is 0.329 e. The maximum absolute atomic E-state index is 12.5. The Morgan fingerprint density at radius 1 is 1.56 bits per heavy atom. The van der Waals surface area contributed by atoms with Gasteiger partial charge in [-0.25, -0.2) is 8.42 Å². The van der Waals surface area contributed by atoms with Crippen LogP contribution in [0, 0.1) is 5.92 Å². The fraction of sp³-hybridized carbons (Fsp3) is 0.667. The lowest BCUT2D eigenvalue weighted by atomic mass is 9.90. The highest BCUT2D eigenvalue weighted by molar-refractivity contribution is 7.91. The number of thiophene rings is 1. The monoisotopic (exact) mass is 288 g/mol. The van der Waals surface area contributed by atoms with E-state index in [0.29, 0.717) is 23.2 Å². The van der Waals surface area contributed by atoms with E-state index in [0.717, 1.165) is 19.3 Å². The van der Waals surface area contributed by atoms with Gasteiger partial charge in [-0.2, -0.15) is 4.31 Å². The molecule has 0 radical (unpaired) electrons. The van der Waals surface area contributed by atoms with Crippen LogP contribution in [0.25, 0.3) is 0 Å². The molecule has 1 aliphatic heterocycles. The quantitative estimate of drug-likeness (QED) is 0.920. The van der Waals surface area contributed by atoms with Crippen LogP contribution in [-0.4, -0.2) is 31.9 Å². The average molecular weight is 288 g/mol. The van der Waals surface area contributed by atoms with E-state index in [9.17, 15) is 8.42 Å². The first-order valence-corrected chi connectivity index (χ1v) is 8.67. The van der Waals surface area contributed by atoms with Crippen molar-refractivity contribution < 1.29 is 8.42 Å². The van der Waals surface area contributed by atoms with Gasteiger partial charge in [-0.1, -0.05) is 19.4 Å². The fourth-order valence-corrected chi connectivity index (χ4v) is 5.32. The van der Waals surface area contributed by atoms with Crippen molar-refractivity contribution in [2.24, 2.45) is 11.7 Å². The summed E-state index contributed by atoms with van der Waals surface area (Å²) in [5.74, 6) is 0.605. The molecule has 1 aromatic heterocycles. The van der Waals surface area contributed by atoms with E-state index in [4.69, 9.17) is 5.73 Å². The standard InChI is InChI=1S/C12H20N2O2S2/c1-2-10-5-6-14(11(8-10)9-13)18(15,16)12-4-3-7-17-12/h3-4,7,10-11H,2,5-6,8-9,13H2,1H3. The van der Waals surface area contributed by atoms with E-state index in [-0.39, 0.29) is 6.04 Å². The molecule has 0 aliphatic carbocycles. The number of sulfonamides is 1. The van der Waals surface area contributed by atoms with Crippen molar-refractivity contribution in [2.75, 3.05) is 13.1 Å². The predicted octanol–water partition coefficient (Wildman–Crippen LogP) is 1.89. The molecule has 0 saturated carbocycles. The molecule has 1 fully saturated rings. The minimum absolute atomic E-state index is 0.0456. The molecule has 1 aromatic rings. The van der Waals surface area contributed by atoms with E-state index >= 15 is 0 Å². The van der Waals surface area contributed by atoms with Gasteiger partial charge < -0.3 is 5.73 Å². The third-order valence-corrected chi connectivity index (χ3v) is 7.00. The summed E-state index contributed by atoms with van der Waals surface area (Å²) in [6.07, 6.45) is 2.93. The van der Waals surface area contributed by atoms with Gasteiger partial charge in [0.25, 0.3) is 10.0 Å². The number of nitrogens with zero attached hydrogens (tertiary/aromatic N) is 1. The Morgan fingerprint density at radius 3 is 2.89 bits per heavy atom. The van der Waals surface area contributed by atoms with Gasteiger partial charge in [0.05, 0.1) is 0 Å². The molecule has 2 atom stereocenters. The third-order valence-electron chi connectivity index (χ3n) is 3.68. The zero-order valence-electron chi connectivity index (χ0n) is 10.6. The number of rotatable bonds is 4. The van der Waals surface area contributed by atoms with Crippen LogP contribution >= 0.6 is 11.3 Å². The Kier molecular flexibility index (Phi) is 4.42. The minimum atomic E-state index is -3.34. The van der Waals surface area contributed by atoms with E-state index < -0.39 is 10.0 Å². The molecular weight excluding hydrogens is 268 g/mol. The van der Waals surface area contributed by atoms with Crippen LogP contribution in [0.1, 0.15) is 26.2 Å². The Morgan fingerprint density at radius 2 is 2.33 bits per heavy atom. The molecule has 2 N–H and O–H groups in total. The zero-order chi connectivity index (χ0) is 13.2. The van der Waals surface area contributed by atoms with Crippen molar-refractivity contribution in [3.05, 3.63) is 17.5 Å². The third kappa shape index (κ3) is 2.61. The summed E-state index contributed by atoms with van der Waals surface area (Å²) in [6.45, 7) is 3.16. The number of hydrogen-bond acceptors (Lipinski definition) is 4. The molecule has 0 spiro atoms. The van der Waals surface area contributed by atoms with E-state index in [1.165, 1.54) is 11.3 Å². The summed E-state index contributed by atoms with van der Waals surface area (Å²) in [5.41, 5.74) is 5.76. The number of hydrogen-bond donors (Lipinski definition) is 1. The zero-order valence-corrected chi connectivity index (χ0v) is 12.2. The molecule has 18 heavy (non-hydrogen) atoms. The van der Waals surface area contributed by atoms with Crippen molar-refractivity contribution in [3.8, 4) is 0 Å². The Balaban J connectivity index is 2.22. The second-order valence-corrected chi connectivity index (χ2v) is 7.80. The fourth-order valence-electron chi connectivity index (χ4n) is 2.54. The lowest BCUT2D eigenvalue weighted by Crippen LogP contribution is -2.49. The summed E-state index contributed by atoms with van der Waals surface area (Å²) in [7, 11) is -3.34. The van der Waals surface area contributed by atoms with Gasteiger partial charge in [-0.05, 0) is 30.2 Å². The lowest BCUT2D eigenvalue weighted by molar-refractivity contribution is 0.198.